The number of hydrogen-bond acceptors (Lipinski definition) is 3. The van der Waals surface area contributed by atoms with Crippen molar-refractivity contribution in [2.45, 2.75) is 25.9 Å². The van der Waals surface area contributed by atoms with E-state index in [1.807, 2.05) is 31.2 Å². The summed E-state index contributed by atoms with van der Waals surface area (Å²) < 4.78 is 5.23. The van der Waals surface area contributed by atoms with Crippen LogP contribution in [0.1, 0.15) is 25.5 Å². The fourth-order valence-corrected chi connectivity index (χ4v) is 1.45. The normalized spacial score (nSPS) is 14.0. The van der Waals surface area contributed by atoms with E-state index in [0.717, 1.165) is 11.3 Å². The van der Waals surface area contributed by atoms with E-state index in [-0.39, 0.29) is 11.9 Å². The van der Waals surface area contributed by atoms with Gasteiger partial charge in [-0.2, -0.15) is 0 Å². The Labute approximate surface area is 95.8 Å². The molecule has 0 unspecified atom stereocenters. The summed E-state index contributed by atoms with van der Waals surface area (Å²) in [7, 11) is 1.61. The lowest BCUT2D eigenvalue weighted by Crippen LogP contribution is -2.39. The quantitative estimate of drug-likeness (QED) is 0.805. The molecule has 0 radical (unpaired) electrons. The molecule has 0 fully saturated rings. The zero-order valence-corrected chi connectivity index (χ0v) is 9.86. The van der Waals surface area contributed by atoms with Crippen LogP contribution in [0.4, 0.5) is 0 Å². The molecule has 1 amide bonds. The van der Waals surface area contributed by atoms with E-state index in [9.17, 15) is 4.79 Å². The Bertz CT molecular complexity index is 364. The molecule has 0 aliphatic carbocycles. The molecule has 0 aromatic heterocycles. The highest BCUT2D eigenvalue weighted by atomic mass is 16.5. The molecule has 16 heavy (non-hydrogen) atoms. The number of nitrogens with two attached hydrogens (primary N) is 1. The number of carbonyl (C=O) groups is 1. The van der Waals surface area contributed by atoms with Crippen LogP contribution in [0, 0.1) is 0 Å². The van der Waals surface area contributed by atoms with Crippen LogP contribution >= 0.6 is 0 Å². The van der Waals surface area contributed by atoms with Crippen LogP contribution in [0.25, 0.3) is 0 Å². The van der Waals surface area contributed by atoms with Crippen LogP contribution in [0.3, 0.4) is 0 Å². The molecule has 88 valence electrons. The van der Waals surface area contributed by atoms with Crippen LogP contribution in [0.5, 0.6) is 5.75 Å². The van der Waals surface area contributed by atoms with E-state index in [1.54, 1.807) is 14.0 Å². The summed E-state index contributed by atoms with van der Waals surface area (Å²) in [6, 6.07) is 6.97. The number of para-hydroxylation sites is 1. The molecule has 2 atom stereocenters. The zero-order chi connectivity index (χ0) is 12.1. The Morgan fingerprint density at radius 2 is 2.00 bits per heavy atom. The number of amides is 1. The van der Waals surface area contributed by atoms with Gasteiger partial charge in [0.25, 0.3) is 0 Å². The molecule has 1 rings (SSSR count). The predicted octanol–water partition coefficient (Wildman–Crippen LogP) is 1.22. The minimum Gasteiger partial charge on any atom is -0.496 e. The van der Waals surface area contributed by atoms with Gasteiger partial charge in [-0.25, -0.2) is 0 Å². The topological polar surface area (TPSA) is 64.3 Å². The molecule has 0 saturated carbocycles. The molecular formula is C12H18N2O2. The number of hydrogen-bond donors (Lipinski definition) is 2. The first-order valence-electron chi connectivity index (χ1n) is 5.25. The van der Waals surface area contributed by atoms with Gasteiger partial charge < -0.3 is 15.8 Å². The summed E-state index contributed by atoms with van der Waals surface area (Å²) in [5.74, 6) is 0.596. The second kappa shape index (κ2) is 5.51. The van der Waals surface area contributed by atoms with Crippen LogP contribution in [-0.2, 0) is 4.79 Å². The number of ether oxygens (including phenoxy) is 1. The molecule has 0 spiro atoms. The maximum atomic E-state index is 11.4. The maximum Gasteiger partial charge on any atom is 0.237 e. The number of benzene rings is 1. The SMILES string of the molecule is COc1ccccc1[C@H](C)NC(=O)[C@H](C)N. The van der Waals surface area contributed by atoms with E-state index < -0.39 is 6.04 Å². The van der Waals surface area contributed by atoms with Crippen molar-refractivity contribution >= 4 is 5.91 Å². The zero-order valence-electron chi connectivity index (χ0n) is 9.86. The third-order valence-corrected chi connectivity index (χ3v) is 2.38. The molecule has 4 heteroatoms. The lowest BCUT2D eigenvalue weighted by molar-refractivity contribution is -0.122. The molecule has 4 nitrogen and oxygen atoms in total. The summed E-state index contributed by atoms with van der Waals surface area (Å²) in [5, 5.41) is 2.83. The fraction of sp³-hybridized carbons (Fsp3) is 0.417. The molecule has 1 aromatic carbocycles. The number of methoxy groups -OCH3 is 1. The van der Waals surface area contributed by atoms with Crippen LogP contribution in [-0.4, -0.2) is 19.1 Å². The van der Waals surface area contributed by atoms with Crippen LogP contribution in [0.15, 0.2) is 24.3 Å². The fourth-order valence-electron chi connectivity index (χ4n) is 1.45. The van der Waals surface area contributed by atoms with Crippen molar-refractivity contribution in [1.29, 1.82) is 0 Å². The number of carbonyl (C=O) groups excluding carboxylic acids is 1. The van der Waals surface area contributed by atoms with Crippen molar-refractivity contribution in [3.05, 3.63) is 29.8 Å². The highest BCUT2D eigenvalue weighted by molar-refractivity contribution is 5.81. The third kappa shape index (κ3) is 2.97. The Morgan fingerprint density at radius 3 is 2.56 bits per heavy atom. The molecule has 0 aliphatic heterocycles. The lowest BCUT2D eigenvalue weighted by atomic mass is 10.1. The van der Waals surface area contributed by atoms with E-state index in [1.165, 1.54) is 0 Å². The van der Waals surface area contributed by atoms with Crippen molar-refractivity contribution in [1.82, 2.24) is 5.32 Å². The first-order chi connectivity index (χ1) is 7.56. The Hall–Kier alpha value is -1.55. The maximum absolute atomic E-state index is 11.4. The van der Waals surface area contributed by atoms with E-state index in [2.05, 4.69) is 5.32 Å². The Balaban J connectivity index is 2.80. The molecule has 1 aromatic rings. The van der Waals surface area contributed by atoms with Crippen LogP contribution < -0.4 is 15.8 Å². The monoisotopic (exact) mass is 222 g/mol. The summed E-state index contributed by atoms with van der Waals surface area (Å²) >= 11 is 0. The Kier molecular flexibility index (Phi) is 4.31. The minimum atomic E-state index is -0.503. The second-order valence-electron chi connectivity index (χ2n) is 3.76. The molecule has 0 heterocycles. The van der Waals surface area contributed by atoms with Crippen molar-refractivity contribution in [2.24, 2.45) is 5.73 Å². The first kappa shape index (κ1) is 12.5. The summed E-state index contributed by atoms with van der Waals surface area (Å²) in [6.45, 7) is 3.56. The molecule has 0 aliphatic rings. The summed E-state index contributed by atoms with van der Waals surface area (Å²) in [4.78, 5) is 11.4. The third-order valence-electron chi connectivity index (χ3n) is 2.38. The summed E-state index contributed by atoms with van der Waals surface area (Å²) in [6.07, 6.45) is 0. The van der Waals surface area contributed by atoms with Crippen molar-refractivity contribution in [3.63, 3.8) is 0 Å². The standard InChI is InChI=1S/C12H18N2O2/c1-8(13)12(15)14-9(2)10-6-4-5-7-11(10)16-3/h4-9H,13H2,1-3H3,(H,14,15)/t8-,9-/m0/s1. The lowest BCUT2D eigenvalue weighted by Gasteiger charge is -2.18. The minimum absolute atomic E-state index is 0.116. The molecular weight excluding hydrogens is 204 g/mol. The average Bonchev–Trinajstić information content (AvgIpc) is 2.28. The molecule has 3 N–H and O–H groups in total. The Morgan fingerprint density at radius 1 is 1.38 bits per heavy atom. The number of nitrogens with one attached hydrogen (secondary N) is 1. The highest BCUT2D eigenvalue weighted by Crippen LogP contribution is 2.24. The van der Waals surface area contributed by atoms with E-state index >= 15 is 0 Å². The van der Waals surface area contributed by atoms with Gasteiger partial charge >= 0.3 is 0 Å². The smallest absolute Gasteiger partial charge is 0.237 e. The second-order valence-corrected chi connectivity index (χ2v) is 3.76. The van der Waals surface area contributed by atoms with Gasteiger partial charge in [-0.05, 0) is 19.9 Å². The van der Waals surface area contributed by atoms with Crippen LogP contribution in [0.2, 0.25) is 0 Å². The highest BCUT2D eigenvalue weighted by Gasteiger charge is 2.15. The molecule has 0 bridgehead atoms. The van der Waals surface area contributed by atoms with Gasteiger partial charge in [0.05, 0.1) is 19.2 Å². The largest absolute Gasteiger partial charge is 0.496 e. The average molecular weight is 222 g/mol. The van der Waals surface area contributed by atoms with Gasteiger partial charge in [-0.15, -0.1) is 0 Å². The van der Waals surface area contributed by atoms with Gasteiger partial charge in [-0.3, -0.25) is 4.79 Å². The predicted molar refractivity (Wildman–Crippen MR) is 63.2 cm³/mol. The van der Waals surface area contributed by atoms with Gasteiger partial charge in [0.2, 0.25) is 5.91 Å². The van der Waals surface area contributed by atoms with Crippen molar-refractivity contribution in [2.75, 3.05) is 7.11 Å². The van der Waals surface area contributed by atoms with E-state index in [0.29, 0.717) is 0 Å². The van der Waals surface area contributed by atoms with Gasteiger partial charge in [0, 0.05) is 5.56 Å². The van der Waals surface area contributed by atoms with Gasteiger partial charge in [0.1, 0.15) is 5.75 Å². The van der Waals surface area contributed by atoms with Crippen molar-refractivity contribution in [3.8, 4) is 5.75 Å². The summed E-state index contributed by atoms with van der Waals surface area (Å²) in [5.41, 5.74) is 6.43. The molecule has 0 saturated heterocycles. The number of rotatable bonds is 4. The van der Waals surface area contributed by atoms with Crippen molar-refractivity contribution < 1.29 is 9.53 Å². The first-order valence-corrected chi connectivity index (χ1v) is 5.25. The van der Waals surface area contributed by atoms with Gasteiger partial charge in [-0.1, -0.05) is 18.2 Å². The van der Waals surface area contributed by atoms with Gasteiger partial charge in [0.15, 0.2) is 0 Å². The van der Waals surface area contributed by atoms with E-state index in [4.69, 9.17) is 10.5 Å².